The number of benzene rings is 1. The van der Waals surface area contributed by atoms with Crippen LogP contribution in [0, 0.1) is 0 Å². The van der Waals surface area contributed by atoms with Crippen LogP contribution in [0.25, 0.3) is 0 Å². The molecule has 1 saturated heterocycles. The zero-order valence-corrected chi connectivity index (χ0v) is 16.8. The Morgan fingerprint density at radius 3 is 2.57 bits per heavy atom. The lowest BCUT2D eigenvalue weighted by Crippen LogP contribution is -2.44. The van der Waals surface area contributed by atoms with Crippen LogP contribution in [0.2, 0.25) is 0 Å². The van der Waals surface area contributed by atoms with Crippen molar-refractivity contribution in [2.45, 2.75) is 13.5 Å². The minimum Gasteiger partial charge on any atom is -0.493 e. The molecule has 1 amide bonds. The van der Waals surface area contributed by atoms with Gasteiger partial charge in [0, 0.05) is 44.5 Å². The fourth-order valence-electron chi connectivity index (χ4n) is 3.11. The number of hydrogen-bond donors (Lipinski definition) is 1. The van der Waals surface area contributed by atoms with Crippen LogP contribution < -0.4 is 19.7 Å². The number of pyridine rings is 1. The zero-order valence-electron chi connectivity index (χ0n) is 16.8. The Hall–Kier alpha value is -2.80. The number of aromatic nitrogens is 1. The summed E-state index contributed by atoms with van der Waals surface area (Å²) in [5.41, 5.74) is 1.50. The molecule has 150 valence electrons. The Morgan fingerprint density at radius 1 is 1.14 bits per heavy atom. The van der Waals surface area contributed by atoms with Crippen LogP contribution in [0.3, 0.4) is 0 Å². The topological polar surface area (TPSA) is 66.9 Å². The van der Waals surface area contributed by atoms with E-state index in [2.05, 4.69) is 27.1 Å². The second-order valence-electron chi connectivity index (χ2n) is 6.80. The number of carbonyl (C=O) groups excluding carboxylic acids is 1. The van der Waals surface area contributed by atoms with Gasteiger partial charge in [-0.3, -0.25) is 4.79 Å². The second kappa shape index (κ2) is 9.41. The predicted octanol–water partition coefficient (Wildman–Crippen LogP) is 2.17. The minimum atomic E-state index is -0.160. The monoisotopic (exact) mass is 384 g/mol. The van der Waals surface area contributed by atoms with Gasteiger partial charge in [-0.2, -0.15) is 0 Å². The molecule has 1 aliphatic rings. The van der Waals surface area contributed by atoms with Crippen molar-refractivity contribution in [3.05, 3.63) is 47.7 Å². The normalized spacial score (nSPS) is 14.6. The van der Waals surface area contributed by atoms with E-state index in [0.29, 0.717) is 30.2 Å². The maximum atomic E-state index is 12.5. The van der Waals surface area contributed by atoms with Crippen LogP contribution in [0.5, 0.6) is 11.5 Å². The summed E-state index contributed by atoms with van der Waals surface area (Å²) < 4.78 is 10.8. The van der Waals surface area contributed by atoms with Gasteiger partial charge in [-0.05, 0) is 43.8 Å². The summed E-state index contributed by atoms with van der Waals surface area (Å²) in [5, 5.41) is 2.93. The van der Waals surface area contributed by atoms with Gasteiger partial charge < -0.3 is 24.6 Å². The Kier molecular flexibility index (Phi) is 6.71. The molecular weight excluding hydrogens is 356 g/mol. The first-order valence-electron chi connectivity index (χ1n) is 9.58. The molecule has 2 heterocycles. The third kappa shape index (κ3) is 4.92. The number of nitrogens with one attached hydrogen (secondary N) is 1. The summed E-state index contributed by atoms with van der Waals surface area (Å²) in [6.45, 7) is 6.89. The summed E-state index contributed by atoms with van der Waals surface area (Å²) in [7, 11) is 3.72. The number of nitrogens with zero attached hydrogens (tertiary/aromatic N) is 3. The van der Waals surface area contributed by atoms with E-state index in [1.165, 1.54) is 0 Å². The van der Waals surface area contributed by atoms with Crippen LogP contribution in [0.4, 0.5) is 5.82 Å². The molecule has 0 aliphatic carbocycles. The Balaban J connectivity index is 1.58. The van der Waals surface area contributed by atoms with Crippen LogP contribution in [-0.2, 0) is 6.54 Å². The molecule has 0 spiro atoms. The van der Waals surface area contributed by atoms with E-state index in [9.17, 15) is 4.79 Å². The average molecular weight is 384 g/mol. The molecule has 1 N–H and O–H groups in total. The predicted molar refractivity (Wildman–Crippen MR) is 109 cm³/mol. The van der Waals surface area contributed by atoms with Gasteiger partial charge in [-0.25, -0.2) is 4.98 Å². The molecule has 1 aromatic heterocycles. The molecule has 1 aromatic carbocycles. The van der Waals surface area contributed by atoms with E-state index in [-0.39, 0.29) is 5.91 Å². The number of hydrogen-bond acceptors (Lipinski definition) is 6. The van der Waals surface area contributed by atoms with E-state index in [0.717, 1.165) is 37.6 Å². The number of anilines is 1. The van der Waals surface area contributed by atoms with Gasteiger partial charge in [0.2, 0.25) is 0 Å². The van der Waals surface area contributed by atoms with Gasteiger partial charge in [0.1, 0.15) is 5.82 Å². The lowest BCUT2D eigenvalue weighted by Gasteiger charge is -2.33. The fourth-order valence-corrected chi connectivity index (χ4v) is 3.11. The molecule has 7 heteroatoms. The highest BCUT2D eigenvalue weighted by atomic mass is 16.5. The highest BCUT2D eigenvalue weighted by Crippen LogP contribution is 2.28. The quantitative estimate of drug-likeness (QED) is 0.789. The van der Waals surface area contributed by atoms with E-state index in [1.807, 2.05) is 25.3 Å². The number of piperazine rings is 1. The largest absolute Gasteiger partial charge is 0.493 e. The van der Waals surface area contributed by atoms with Crippen molar-refractivity contribution in [3.8, 4) is 11.5 Å². The number of ether oxygens (including phenoxy) is 2. The van der Waals surface area contributed by atoms with E-state index < -0.39 is 0 Å². The maximum Gasteiger partial charge on any atom is 0.251 e. The Morgan fingerprint density at radius 2 is 1.93 bits per heavy atom. The van der Waals surface area contributed by atoms with Gasteiger partial charge in [0.05, 0.1) is 13.7 Å². The molecule has 1 aliphatic heterocycles. The third-order valence-electron chi connectivity index (χ3n) is 4.82. The molecule has 0 bridgehead atoms. The molecule has 0 atom stereocenters. The summed E-state index contributed by atoms with van der Waals surface area (Å²) in [4.78, 5) is 21.6. The summed E-state index contributed by atoms with van der Waals surface area (Å²) in [6, 6.07) is 9.21. The molecule has 0 radical (unpaired) electrons. The highest BCUT2D eigenvalue weighted by Gasteiger charge is 2.15. The average Bonchev–Trinajstić information content (AvgIpc) is 2.73. The summed E-state index contributed by atoms with van der Waals surface area (Å²) in [5.74, 6) is 2.00. The molecular formula is C21H28N4O3. The van der Waals surface area contributed by atoms with E-state index >= 15 is 0 Å². The van der Waals surface area contributed by atoms with Gasteiger partial charge in [-0.1, -0.05) is 6.07 Å². The Bertz CT molecular complexity index is 787. The molecule has 28 heavy (non-hydrogen) atoms. The lowest BCUT2D eigenvalue weighted by atomic mass is 10.2. The number of likely N-dealkylation sites (N-methyl/N-ethyl adjacent to an activating group) is 1. The summed E-state index contributed by atoms with van der Waals surface area (Å²) in [6.07, 6.45) is 1.83. The van der Waals surface area contributed by atoms with Crippen LogP contribution in [0.1, 0.15) is 22.8 Å². The molecule has 7 nitrogen and oxygen atoms in total. The van der Waals surface area contributed by atoms with Crippen molar-refractivity contribution in [2.24, 2.45) is 0 Å². The number of rotatable bonds is 7. The first-order valence-corrected chi connectivity index (χ1v) is 9.58. The SMILES string of the molecule is CCOc1cc(C(=O)NCc2ccc(N3CCN(C)CC3)nc2)ccc1OC. The first kappa shape index (κ1) is 19.9. The number of carbonyl (C=O) groups is 1. The first-order chi connectivity index (χ1) is 13.6. The molecule has 0 unspecified atom stereocenters. The lowest BCUT2D eigenvalue weighted by molar-refractivity contribution is 0.0950. The van der Waals surface area contributed by atoms with Crippen molar-refractivity contribution < 1.29 is 14.3 Å². The van der Waals surface area contributed by atoms with Gasteiger partial charge in [0.15, 0.2) is 11.5 Å². The van der Waals surface area contributed by atoms with Gasteiger partial charge in [-0.15, -0.1) is 0 Å². The third-order valence-corrected chi connectivity index (χ3v) is 4.82. The standard InChI is InChI=1S/C21H28N4O3/c1-4-28-19-13-17(6-7-18(19)27-3)21(26)23-15-16-5-8-20(22-14-16)25-11-9-24(2)10-12-25/h5-8,13-14H,4,9-12,15H2,1-3H3,(H,23,26). The number of amides is 1. The van der Waals surface area contributed by atoms with Crippen molar-refractivity contribution >= 4 is 11.7 Å². The molecule has 2 aromatic rings. The molecule has 1 fully saturated rings. The maximum absolute atomic E-state index is 12.5. The summed E-state index contributed by atoms with van der Waals surface area (Å²) >= 11 is 0. The van der Waals surface area contributed by atoms with E-state index in [1.54, 1.807) is 25.3 Å². The second-order valence-corrected chi connectivity index (χ2v) is 6.80. The van der Waals surface area contributed by atoms with Crippen molar-refractivity contribution in [3.63, 3.8) is 0 Å². The van der Waals surface area contributed by atoms with Crippen LogP contribution in [0.15, 0.2) is 36.5 Å². The molecule has 0 saturated carbocycles. The van der Waals surface area contributed by atoms with Gasteiger partial charge >= 0.3 is 0 Å². The number of methoxy groups -OCH3 is 1. The van der Waals surface area contributed by atoms with Crippen molar-refractivity contribution in [1.82, 2.24) is 15.2 Å². The smallest absolute Gasteiger partial charge is 0.251 e. The highest BCUT2D eigenvalue weighted by molar-refractivity contribution is 5.94. The van der Waals surface area contributed by atoms with Gasteiger partial charge in [0.25, 0.3) is 5.91 Å². The Labute approximate surface area is 166 Å². The van der Waals surface area contributed by atoms with Crippen molar-refractivity contribution in [1.29, 1.82) is 0 Å². The zero-order chi connectivity index (χ0) is 19.9. The van der Waals surface area contributed by atoms with Crippen molar-refractivity contribution in [2.75, 3.05) is 51.8 Å². The fraction of sp³-hybridized carbons (Fsp3) is 0.429. The van der Waals surface area contributed by atoms with Crippen LogP contribution >= 0.6 is 0 Å². The van der Waals surface area contributed by atoms with E-state index in [4.69, 9.17) is 9.47 Å². The molecule has 3 rings (SSSR count). The minimum absolute atomic E-state index is 0.160. The van der Waals surface area contributed by atoms with Crippen LogP contribution in [-0.4, -0.2) is 62.7 Å².